The Kier molecular flexibility index (Phi) is 3.04. The van der Waals surface area contributed by atoms with Gasteiger partial charge in [0, 0.05) is 6.04 Å². The Bertz CT molecular complexity index is 371. The second kappa shape index (κ2) is 4.48. The van der Waals surface area contributed by atoms with E-state index in [0.717, 1.165) is 25.7 Å². The van der Waals surface area contributed by atoms with E-state index >= 15 is 0 Å². The number of nitro groups is 1. The molecule has 7 nitrogen and oxygen atoms in total. The molecule has 2 rings (SSSR count). The molecule has 0 amide bonds. The predicted octanol–water partition coefficient (Wildman–Crippen LogP) is 1.03. The molecule has 0 aromatic carbocycles. The Balaban J connectivity index is 1.98. The first-order chi connectivity index (χ1) is 7.66. The van der Waals surface area contributed by atoms with Gasteiger partial charge in [-0.15, -0.1) is 5.10 Å². The molecule has 3 N–H and O–H groups in total. The lowest BCUT2D eigenvalue weighted by Crippen LogP contribution is -2.28. The van der Waals surface area contributed by atoms with Crippen molar-refractivity contribution in [1.82, 2.24) is 10.2 Å². The van der Waals surface area contributed by atoms with Crippen LogP contribution in [-0.4, -0.2) is 32.4 Å². The summed E-state index contributed by atoms with van der Waals surface area (Å²) in [5, 5.41) is 29.0. The van der Waals surface area contributed by atoms with E-state index in [2.05, 4.69) is 15.5 Å². The summed E-state index contributed by atoms with van der Waals surface area (Å²) < 4.78 is 0. The number of aliphatic hydroxyl groups is 1. The summed E-state index contributed by atoms with van der Waals surface area (Å²) in [6, 6.07) is 0.180. The minimum atomic E-state index is -0.493. The fourth-order valence-corrected chi connectivity index (χ4v) is 1.96. The maximum Gasteiger partial charge on any atom is 0.366 e. The average Bonchev–Trinajstić information content (AvgIpc) is 2.69. The Morgan fingerprint density at radius 2 is 2.19 bits per heavy atom. The van der Waals surface area contributed by atoms with E-state index < -0.39 is 4.92 Å². The zero-order chi connectivity index (χ0) is 11.5. The molecule has 0 atom stereocenters. The molecule has 16 heavy (non-hydrogen) atoms. The molecule has 1 heterocycles. The van der Waals surface area contributed by atoms with Crippen molar-refractivity contribution in [3.63, 3.8) is 0 Å². The highest BCUT2D eigenvalue weighted by molar-refractivity contribution is 5.56. The van der Waals surface area contributed by atoms with Gasteiger partial charge < -0.3 is 20.5 Å². The fourth-order valence-electron chi connectivity index (χ4n) is 1.96. The second-order valence-corrected chi connectivity index (χ2v) is 4.04. The average molecular weight is 226 g/mol. The molecule has 1 aliphatic rings. The minimum Gasteiger partial charge on any atom is -0.393 e. The first-order valence-corrected chi connectivity index (χ1v) is 5.29. The fraction of sp³-hybridized carbons (Fsp3) is 0.667. The van der Waals surface area contributed by atoms with Gasteiger partial charge in [0.05, 0.1) is 6.10 Å². The van der Waals surface area contributed by atoms with Gasteiger partial charge in [0.2, 0.25) is 0 Å². The zero-order valence-corrected chi connectivity index (χ0v) is 8.72. The molecule has 1 aromatic rings. The molecule has 0 spiro atoms. The van der Waals surface area contributed by atoms with Crippen LogP contribution in [0.1, 0.15) is 25.7 Å². The number of hydrogen-bond acceptors (Lipinski definition) is 5. The molecule has 1 saturated carbocycles. The van der Waals surface area contributed by atoms with Gasteiger partial charge in [-0.3, -0.25) is 0 Å². The van der Waals surface area contributed by atoms with Crippen LogP contribution in [0.15, 0.2) is 6.20 Å². The van der Waals surface area contributed by atoms with E-state index in [4.69, 9.17) is 0 Å². The molecule has 0 radical (unpaired) electrons. The monoisotopic (exact) mass is 226 g/mol. The number of aromatic nitrogens is 2. The van der Waals surface area contributed by atoms with Crippen molar-refractivity contribution in [3.05, 3.63) is 16.3 Å². The minimum absolute atomic E-state index is 0.105. The topological polar surface area (TPSA) is 104 Å². The largest absolute Gasteiger partial charge is 0.393 e. The Labute approximate surface area is 92.0 Å². The van der Waals surface area contributed by atoms with E-state index in [1.807, 2.05) is 0 Å². The van der Waals surface area contributed by atoms with Gasteiger partial charge in [0.1, 0.15) is 6.20 Å². The van der Waals surface area contributed by atoms with Crippen molar-refractivity contribution in [2.24, 2.45) is 0 Å². The zero-order valence-electron chi connectivity index (χ0n) is 8.72. The Hall–Kier alpha value is -1.63. The number of nitrogens with zero attached hydrogens (tertiary/aromatic N) is 2. The van der Waals surface area contributed by atoms with Crippen molar-refractivity contribution in [3.8, 4) is 0 Å². The van der Waals surface area contributed by atoms with Gasteiger partial charge in [0.15, 0.2) is 5.69 Å². The van der Waals surface area contributed by atoms with Crippen molar-refractivity contribution in [2.45, 2.75) is 37.8 Å². The van der Waals surface area contributed by atoms with Crippen molar-refractivity contribution in [2.75, 3.05) is 5.32 Å². The summed E-state index contributed by atoms with van der Waals surface area (Å²) in [7, 11) is 0. The molecule has 0 aliphatic heterocycles. The summed E-state index contributed by atoms with van der Waals surface area (Å²) in [5.41, 5.74) is 0.423. The van der Waals surface area contributed by atoms with E-state index in [9.17, 15) is 15.2 Å². The van der Waals surface area contributed by atoms with E-state index in [-0.39, 0.29) is 18.0 Å². The normalized spacial score (nSPS) is 25.3. The summed E-state index contributed by atoms with van der Waals surface area (Å²) in [6.07, 6.45) is 4.32. The SMILES string of the molecule is O=[N+]([O-])c1[nH]ncc1NC1CCC(O)CC1. The Morgan fingerprint density at radius 3 is 2.81 bits per heavy atom. The van der Waals surface area contributed by atoms with Gasteiger partial charge in [-0.2, -0.15) is 0 Å². The highest BCUT2D eigenvalue weighted by Gasteiger charge is 2.22. The van der Waals surface area contributed by atoms with Crippen LogP contribution >= 0.6 is 0 Å². The van der Waals surface area contributed by atoms with E-state index in [0.29, 0.717) is 5.69 Å². The standard InChI is InChI=1S/C9H14N4O3/c14-7-3-1-6(2-4-7)11-8-5-10-12-9(8)13(15)16/h5-7,11,14H,1-4H2,(H,10,12). The van der Waals surface area contributed by atoms with Crippen LogP contribution in [0.3, 0.4) is 0 Å². The number of aliphatic hydroxyl groups excluding tert-OH is 1. The molecule has 1 fully saturated rings. The number of anilines is 1. The lowest BCUT2D eigenvalue weighted by atomic mass is 9.93. The predicted molar refractivity (Wildman–Crippen MR) is 57.1 cm³/mol. The van der Waals surface area contributed by atoms with Gasteiger partial charge >= 0.3 is 5.82 Å². The quantitative estimate of drug-likeness (QED) is 0.527. The first-order valence-electron chi connectivity index (χ1n) is 5.29. The molecule has 1 aromatic heterocycles. The smallest absolute Gasteiger partial charge is 0.366 e. The maximum absolute atomic E-state index is 10.6. The van der Waals surface area contributed by atoms with Crippen LogP contribution in [-0.2, 0) is 0 Å². The molecule has 7 heteroatoms. The van der Waals surface area contributed by atoms with Crippen molar-refractivity contribution >= 4 is 11.5 Å². The first kappa shape index (κ1) is 10.9. The highest BCUT2D eigenvalue weighted by atomic mass is 16.6. The van der Waals surface area contributed by atoms with Gasteiger partial charge in [-0.25, -0.2) is 0 Å². The van der Waals surface area contributed by atoms with Gasteiger partial charge in [-0.1, -0.05) is 5.10 Å². The number of aromatic amines is 1. The van der Waals surface area contributed by atoms with Gasteiger partial charge in [0.25, 0.3) is 0 Å². The number of hydrogen-bond donors (Lipinski definition) is 3. The van der Waals surface area contributed by atoms with Crippen LogP contribution < -0.4 is 5.32 Å². The summed E-state index contributed by atoms with van der Waals surface area (Å²) in [4.78, 5) is 10.1. The lowest BCUT2D eigenvalue weighted by molar-refractivity contribution is -0.388. The van der Waals surface area contributed by atoms with Crippen LogP contribution in [0.2, 0.25) is 0 Å². The van der Waals surface area contributed by atoms with E-state index in [1.54, 1.807) is 0 Å². The molecule has 0 unspecified atom stereocenters. The number of H-pyrrole nitrogens is 1. The number of nitrogens with one attached hydrogen (secondary N) is 2. The van der Waals surface area contributed by atoms with Crippen LogP contribution in [0, 0.1) is 10.1 Å². The van der Waals surface area contributed by atoms with Gasteiger partial charge in [-0.05, 0) is 30.6 Å². The third-order valence-corrected chi connectivity index (χ3v) is 2.86. The van der Waals surface area contributed by atoms with Crippen molar-refractivity contribution < 1.29 is 10.0 Å². The summed E-state index contributed by atoms with van der Waals surface area (Å²) in [6.45, 7) is 0. The Morgan fingerprint density at radius 1 is 1.50 bits per heavy atom. The lowest BCUT2D eigenvalue weighted by Gasteiger charge is -2.26. The third kappa shape index (κ3) is 2.30. The third-order valence-electron chi connectivity index (χ3n) is 2.86. The summed E-state index contributed by atoms with van der Waals surface area (Å²) >= 11 is 0. The molecular formula is C9H14N4O3. The second-order valence-electron chi connectivity index (χ2n) is 4.04. The van der Waals surface area contributed by atoms with Crippen molar-refractivity contribution in [1.29, 1.82) is 0 Å². The molecule has 88 valence electrons. The molecular weight excluding hydrogens is 212 g/mol. The maximum atomic E-state index is 10.6. The molecule has 1 aliphatic carbocycles. The molecule has 0 saturated heterocycles. The van der Waals surface area contributed by atoms with Crippen LogP contribution in [0.4, 0.5) is 11.5 Å². The molecule has 0 bridgehead atoms. The van der Waals surface area contributed by atoms with Crippen LogP contribution in [0.5, 0.6) is 0 Å². The summed E-state index contributed by atoms with van der Waals surface area (Å²) in [5.74, 6) is -0.105. The number of rotatable bonds is 3. The van der Waals surface area contributed by atoms with E-state index in [1.165, 1.54) is 6.20 Å². The highest BCUT2D eigenvalue weighted by Crippen LogP contribution is 2.26. The van der Waals surface area contributed by atoms with Crippen LogP contribution in [0.25, 0.3) is 0 Å².